The van der Waals surface area contributed by atoms with Gasteiger partial charge in [0.2, 0.25) is 0 Å². The molecule has 2 aromatic carbocycles. The predicted molar refractivity (Wildman–Crippen MR) is 82.1 cm³/mol. The predicted octanol–water partition coefficient (Wildman–Crippen LogP) is 7.45. The molecule has 0 aliphatic rings. The van der Waals surface area contributed by atoms with Gasteiger partial charge in [-0.25, -0.2) is 0 Å². The second-order valence-corrected chi connectivity index (χ2v) is 6.75. The first-order valence-electron chi connectivity index (χ1n) is 5.24. The topological polar surface area (TPSA) is 0 Å². The van der Waals surface area contributed by atoms with E-state index in [1.54, 1.807) is 11.8 Å². The van der Waals surface area contributed by atoms with Gasteiger partial charge in [0.25, 0.3) is 0 Å². The molecule has 120 valence electrons. The fraction of sp³-hybridized carbons (Fsp3) is 0. The summed E-state index contributed by atoms with van der Waals surface area (Å²) < 4.78 is 59.2. The smallest absolute Gasteiger partial charge is 0.197 e. The van der Waals surface area contributed by atoms with Crippen molar-refractivity contribution in [2.45, 2.75) is 9.79 Å². The molecule has 0 bridgehead atoms. The molecule has 0 aromatic heterocycles. The van der Waals surface area contributed by atoms with Gasteiger partial charge in [-0.1, -0.05) is 48.2 Å². The summed E-state index contributed by atoms with van der Waals surface area (Å²) in [4.78, 5) is 2.57. The van der Waals surface area contributed by atoms with Crippen LogP contribution in [0.15, 0.2) is 70.5 Å². The van der Waals surface area contributed by atoms with Crippen molar-refractivity contribution in [2.75, 3.05) is 0 Å². The van der Waals surface area contributed by atoms with E-state index in [4.69, 9.17) is 0 Å². The van der Waals surface area contributed by atoms with Gasteiger partial charge in [0.15, 0.2) is 0 Å². The van der Waals surface area contributed by atoms with Gasteiger partial charge in [-0.2, -0.15) is 13.5 Å². The molecule has 2 rings (SSSR count). The van der Waals surface area contributed by atoms with Gasteiger partial charge in [-0.05, 0) is 24.3 Å². The minimum Gasteiger partial charge on any atom is -0.197 e. The summed E-state index contributed by atoms with van der Waals surface area (Å²) >= 11 is 1.79. The Labute approximate surface area is 130 Å². The van der Waals surface area contributed by atoms with E-state index in [1.807, 2.05) is 12.1 Å². The SMILES string of the molecule is F[P-](F)(F)(F)(F)F.S.[H+].c1ccc(Sc2ccccc2)cc1. The molecule has 21 heavy (non-hydrogen) atoms. The number of hydrogen-bond donors (Lipinski definition) is 0. The normalized spacial score (nSPS) is 13.8. The maximum absolute atomic E-state index is 10.7. The van der Waals surface area contributed by atoms with Crippen LogP contribution in [0.4, 0.5) is 25.2 Å². The number of halogens is 6. The molecule has 0 nitrogen and oxygen atoms in total. The van der Waals surface area contributed by atoms with Crippen molar-refractivity contribution in [1.82, 2.24) is 0 Å². The van der Waals surface area contributed by atoms with Crippen molar-refractivity contribution in [3.63, 3.8) is 0 Å². The Balaban J connectivity index is 0. The van der Waals surface area contributed by atoms with E-state index in [1.165, 1.54) is 9.79 Å². The number of rotatable bonds is 2. The van der Waals surface area contributed by atoms with E-state index in [2.05, 4.69) is 48.5 Å². The molecule has 0 fully saturated rings. The Hall–Kier alpha value is -0.850. The summed E-state index contributed by atoms with van der Waals surface area (Å²) in [5, 5.41) is 0. The van der Waals surface area contributed by atoms with Crippen LogP contribution in [0, 0.1) is 0 Å². The molecule has 0 radical (unpaired) electrons. The third-order valence-electron chi connectivity index (χ3n) is 1.72. The molecule has 0 heterocycles. The molecule has 2 aromatic rings. The maximum Gasteiger partial charge on any atom is 1.00 e. The average molecular weight is 366 g/mol. The van der Waals surface area contributed by atoms with Crippen molar-refractivity contribution in [2.24, 2.45) is 0 Å². The van der Waals surface area contributed by atoms with Crippen molar-refractivity contribution >= 4 is 33.1 Å². The van der Waals surface area contributed by atoms with Gasteiger partial charge in [0.05, 0.1) is 0 Å². The average Bonchev–Trinajstić information content (AvgIpc) is 2.27. The van der Waals surface area contributed by atoms with Crippen LogP contribution in [-0.2, 0) is 0 Å². The summed E-state index contributed by atoms with van der Waals surface area (Å²) in [6, 6.07) is 20.8. The van der Waals surface area contributed by atoms with Gasteiger partial charge in [-0.15, -0.1) is 0 Å². The monoisotopic (exact) mass is 366 g/mol. The van der Waals surface area contributed by atoms with Gasteiger partial charge in [-0.3, -0.25) is 0 Å². The second kappa shape index (κ2) is 6.50. The molecule has 0 saturated carbocycles. The van der Waals surface area contributed by atoms with Crippen LogP contribution in [0.1, 0.15) is 1.43 Å². The van der Waals surface area contributed by atoms with E-state index in [0.717, 1.165) is 0 Å². The fourth-order valence-corrected chi connectivity index (χ4v) is 1.97. The molecule has 0 unspecified atom stereocenters. The molecule has 0 aliphatic carbocycles. The molecular formula is C12H13F6PS2. The molecule has 0 N–H and O–H groups in total. The standard InChI is InChI=1S/C12H10S.F6P.H2S/c1-3-7-11(8-4-1)13-12-9-5-2-6-10-12;1-7(2,3,4,5)6;/h1-10H;;1H2/q;-1;/p+1. The van der Waals surface area contributed by atoms with Crippen molar-refractivity contribution < 1.29 is 26.6 Å². The van der Waals surface area contributed by atoms with Crippen molar-refractivity contribution in [1.29, 1.82) is 0 Å². The van der Waals surface area contributed by atoms with Crippen LogP contribution < -0.4 is 0 Å². The molecule has 0 saturated heterocycles. The Bertz CT molecular complexity index is 499. The molecule has 9 heteroatoms. The minimum absolute atomic E-state index is 0. The third kappa shape index (κ3) is 15.4. The number of benzene rings is 2. The van der Waals surface area contributed by atoms with Gasteiger partial charge >= 0.3 is 34.4 Å². The van der Waals surface area contributed by atoms with Crippen LogP contribution in [-0.4, -0.2) is 0 Å². The Morgan fingerprint density at radius 3 is 1.10 bits per heavy atom. The van der Waals surface area contributed by atoms with Gasteiger partial charge in [0, 0.05) is 9.79 Å². The summed E-state index contributed by atoms with van der Waals surface area (Å²) in [6.07, 6.45) is 0. The molecular weight excluding hydrogens is 353 g/mol. The largest absolute Gasteiger partial charge is 1.00 e. The summed E-state index contributed by atoms with van der Waals surface area (Å²) in [5.74, 6) is 0. The van der Waals surface area contributed by atoms with Gasteiger partial charge < -0.3 is 0 Å². The molecule has 0 spiro atoms. The van der Waals surface area contributed by atoms with Crippen LogP contribution in [0.2, 0.25) is 0 Å². The Morgan fingerprint density at radius 1 is 0.619 bits per heavy atom. The second-order valence-electron chi connectivity index (χ2n) is 3.69. The third-order valence-corrected chi connectivity index (χ3v) is 2.74. The van der Waals surface area contributed by atoms with Crippen molar-refractivity contribution in [3.05, 3.63) is 60.7 Å². The summed E-state index contributed by atoms with van der Waals surface area (Å²) in [7, 11) is -10.7. The van der Waals surface area contributed by atoms with Crippen LogP contribution >= 0.6 is 33.1 Å². The first kappa shape index (κ1) is 20.1. The van der Waals surface area contributed by atoms with Crippen LogP contribution in [0.3, 0.4) is 0 Å². The van der Waals surface area contributed by atoms with E-state index in [0.29, 0.717) is 0 Å². The minimum atomic E-state index is -10.7. The van der Waals surface area contributed by atoms with E-state index >= 15 is 0 Å². The van der Waals surface area contributed by atoms with Gasteiger partial charge in [0.1, 0.15) is 0 Å². The fourth-order valence-electron chi connectivity index (χ4n) is 1.11. The van der Waals surface area contributed by atoms with E-state index in [-0.39, 0.29) is 14.9 Å². The molecule has 0 aliphatic heterocycles. The van der Waals surface area contributed by atoms with Crippen molar-refractivity contribution in [3.8, 4) is 0 Å². The number of hydrogen-bond acceptors (Lipinski definition) is 1. The zero-order valence-electron chi connectivity index (χ0n) is 11.4. The van der Waals surface area contributed by atoms with Crippen LogP contribution in [0.25, 0.3) is 0 Å². The quantitative estimate of drug-likeness (QED) is 0.393. The first-order valence-corrected chi connectivity index (χ1v) is 8.09. The molecule has 0 atom stereocenters. The Morgan fingerprint density at radius 2 is 0.857 bits per heavy atom. The Kier molecular flexibility index (Phi) is 6.24. The van der Waals surface area contributed by atoms with Crippen LogP contribution in [0.5, 0.6) is 0 Å². The first-order chi connectivity index (χ1) is 8.90. The maximum atomic E-state index is 9.87. The van der Waals surface area contributed by atoms with E-state index in [9.17, 15) is 25.2 Å². The summed E-state index contributed by atoms with van der Waals surface area (Å²) in [6.45, 7) is 0. The zero-order valence-corrected chi connectivity index (χ0v) is 13.1. The molecule has 0 amide bonds. The van der Waals surface area contributed by atoms with E-state index < -0.39 is 7.81 Å². The zero-order chi connectivity index (χ0) is 15.3. The summed E-state index contributed by atoms with van der Waals surface area (Å²) in [5.41, 5.74) is 0.